The third-order valence-electron chi connectivity index (χ3n) is 5.29. The zero-order valence-corrected chi connectivity index (χ0v) is 16.1. The molecular formula is C24H23NO3. The van der Waals surface area contributed by atoms with Gasteiger partial charge in [-0.05, 0) is 41.3 Å². The second kappa shape index (κ2) is 7.77. The Bertz CT molecular complexity index is 984. The highest BCUT2D eigenvalue weighted by Gasteiger charge is 2.32. The Morgan fingerprint density at radius 2 is 1.61 bits per heavy atom. The summed E-state index contributed by atoms with van der Waals surface area (Å²) in [4.78, 5) is 15.4. The van der Waals surface area contributed by atoms with Crippen LogP contribution in [0, 0.1) is 0 Å². The number of ether oxygens (including phenoxy) is 2. The molecule has 1 atom stereocenters. The van der Waals surface area contributed by atoms with Crippen LogP contribution in [0.3, 0.4) is 0 Å². The molecule has 0 radical (unpaired) electrons. The van der Waals surface area contributed by atoms with Crippen molar-refractivity contribution in [1.29, 1.82) is 0 Å². The number of fused-ring (bicyclic) bond motifs is 1. The van der Waals surface area contributed by atoms with Gasteiger partial charge in [0.2, 0.25) is 0 Å². The molecule has 1 amide bonds. The molecule has 1 heterocycles. The zero-order valence-electron chi connectivity index (χ0n) is 16.1. The predicted molar refractivity (Wildman–Crippen MR) is 109 cm³/mol. The molecule has 4 nitrogen and oxygen atoms in total. The van der Waals surface area contributed by atoms with Gasteiger partial charge in [0.05, 0.1) is 20.3 Å². The lowest BCUT2D eigenvalue weighted by Gasteiger charge is -2.38. The number of methoxy groups -OCH3 is 2. The van der Waals surface area contributed by atoms with Gasteiger partial charge in [-0.3, -0.25) is 4.79 Å². The van der Waals surface area contributed by atoms with Crippen LogP contribution < -0.4 is 9.47 Å². The molecule has 3 aromatic carbocycles. The first-order chi connectivity index (χ1) is 13.7. The van der Waals surface area contributed by atoms with Crippen LogP contribution >= 0.6 is 0 Å². The van der Waals surface area contributed by atoms with Gasteiger partial charge in [-0.1, -0.05) is 54.6 Å². The van der Waals surface area contributed by atoms with E-state index in [0.29, 0.717) is 23.6 Å². The van der Waals surface area contributed by atoms with Crippen LogP contribution in [0.15, 0.2) is 72.8 Å². The van der Waals surface area contributed by atoms with Gasteiger partial charge in [-0.2, -0.15) is 0 Å². The smallest absolute Gasteiger partial charge is 0.254 e. The first-order valence-corrected chi connectivity index (χ1v) is 9.38. The summed E-state index contributed by atoms with van der Waals surface area (Å²) in [5, 5.41) is 0. The summed E-state index contributed by atoms with van der Waals surface area (Å²) < 4.78 is 10.7. The lowest BCUT2D eigenvalue weighted by Crippen LogP contribution is -2.40. The fourth-order valence-corrected chi connectivity index (χ4v) is 3.92. The van der Waals surface area contributed by atoms with Crippen molar-refractivity contribution in [1.82, 2.24) is 4.90 Å². The number of carbonyl (C=O) groups excluding carboxylic acids is 1. The molecule has 0 aliphatic carbocycles. The average Bonchev–Trinajstić information content (AvgIpc) is 2.77. The maximum Gasteiger partial charge on any atom is 0.254 e. The maximum atomic E-state index is 13.5. The highest BCUT2D eigenvalue weighted by Crippen LogP contribution is 2.37. The standard InChI is InChI=1S/C24H23NO3/c1-27-21-13-12-19(16-22(21)28-2)24(26)25-15-14-17-8-6-7-11-20(17)23(25)18-9-4-3-5-10-18/h3-13,16,23H,14-15H2,1-2H3. The van der Waals surface area contributed by atoms with Gasteiger partial charge in [-0.25, -0.2) is 0 Å². The number of hydrogen-bond acceptors (Lipinski definition) is 3. The first-order valence-electron chi connectivity index (χ1n) is 9.38. The van der Waals surface area contributed by atoms with Crippen LogP contribution in [0.1, 0.15) is 33.1 Å². The number of nitrogens with zero attached hydrogens (tertiary/aromatic N) is 1. The fourth-order valence-electron chi connectivity index (χ4n) is 3.92. The Kier molecular flexibility index (Phi) is 5.02. The maximum absolute atomic E-state index is 13.5. The minimum absolute atomic E-state index is 0.00990. The third kappa shape index (κ3) is 3.22. The van der Waals surface area contributed by atoms with E-state index >= 15 is 0 Å². The molecule has 1 aliphatic heterocycles. The van der Waals surface area contributed by atoms with Gasteiger partial charge >= 0.3 is 0 Å². The number of hydrogen-bond donors (Lipinski definition) is 0. The molecule has 0 spiro atoms. The topological polar surface area (TPSA) is 38.8 Å². The monoisotopic (exact) mass is 373 g/mol. The molecular weight excluding hydrogens is 350 g/mol. The largest absolute Gasteiger partial charge is 0.493 e. The number of amides is 1. The molecule has 0 bridgehead atoms. The van der Waals surface area contributed by atoms with Crippen molar-refractivity contribution in [3.63, 3.8) is 0 Å². The molecule has 4 rings (SSSR count). The SMILES string of the molecule is COc1ccc(C(=O)N2CCc3ccccc3C2c2ccccc2)cc1OC. The van der Waals surface area contributed by atoms with Gasteiger partial charge in [0.15, 0.2) is 11.5 Å². The Morgan fingerprint density at radius 1 is 0.893 bits per heavy atom. The lowest BCUT2D eigenvalue weighted by atomic mass is 9.87. The van der Waals surface area contributed by atoms with Crippen molar-refractivity contribution in [3.8, 4) is 11.5 Å². The van der Waals surface area contributed by atoms with E-state index in [1.807, 2.05) is 29.2 Å². The van der Waals surface area contributed by atoms with Crippen LogP contribution in [0.4, 0.5) is 0 Å². The molecule has 4 heteroatoms. The van der Waals surface area contributed by atoms with E-state index in [4.69, 9.17) is 9.47 Å². The van der Waals surface area contributed by atoms with E-state index in [0.717, 1.165) is 12.0 Å². The van der Waals surface area contributed by atoms with E-state index in [1.165, 1.54) is 11.1 Å². The van der Waals surface area contributed by atoms with Crippen molar-refractivity contribution in [2.45, 2.75) is 12.5 Å². The Labute approximate surface area is 165 Å². The summed E-state index contributed by atoms with van der Waals surface area (Å²) in [5.74, 6) is 1.16. The van der Waals surface area contributed by atoms with Crippen molar-refractivity contribution in [2.24, 2.45) is 0 Å². The molecule has 142 valence electrons. The Hall–Kier alpha value is -3.27. The van der Waals surface area contributed by atoms with Crippen molar-refractivity contribution in [3.05, 3.63) is 95.1 Å². The summed E-state index contributed by atoms with van der Waals surface area (Å²) in [5.41, 5.74) is 4.20. The van der Waals surface area contributed by atoms with E-state index in [9.17, 15) is 4.79 Å². The molecule has 28 heavy (non-hydrogen) atoms. The van der Waals surface area contributed by atoms with Crippen LogP contribution in [-0.4, -0.2) is 31.6 Å². The summed E-state index contributed by atoms with van der Waals surface area (Å²) in [7, 11) is 3.17. The van der Waals surface area contributed by atoms with E-state index in [2.05, 4.69) is 30.3 Å². The van der Waals surface area contributed by atoms with Crippen LogP contribution in [-0.2, 0) is 6.42 Å². The molecule has 0 saturated heterocycles. The van der Waals surface area contributed by atoms with Gasteiger partial charge in [-0.15, -0.1) is 0 Å². The minimum atomic E-state index is -0.105. The molecule has 0 fully saturated rings. The third-order valence-corrected chi connectivity index (χ3v) is 5.29. The van der Waals surface area contributed by atoms with Crippen molar-refractivity contribution >= 4 is 5.91 Å². The van der Waals surface area contributed by atoms with Crippen molar-refractivity contribution in [2.75, 3.05) is 20.8 Å². The summed E-state index contributed by atoms with van der Waals surface area (Å²) in [6, 6.07) is 23.8. The van der Waals surface area contributed by atoms with Crippen LogP contribution in [0.5, 0.6) is 11.5 Å². The van der Waals surface area contributed by atoms with Crippen molar-refractivity contribution < 1.29 is 14.3 Å². The summed E-state index contributed by atoms with van der Waals surface area (Å²) >= 11 is 0. The molecule has 0 saturated carbocycles. The predicted octanol–water partition coefficient (Wildman–Crippen LogP) is 4.49. The molecule has 0 N–H and O–H groups in total. The Balaban J connectivity index is 1.76. The van der Waals surface area contributed by atoms with E-state index < -0.39 is 0 Å². The lowest BCUT2D eigenvalue weighted by molar-refractivity contribution is 0.0694. The van der Waals surface area contributed by atoms with E-state index in [1.54, 1.807) is 32.4 Å². The zero-order chi connectivity index (χ0) is 19.5. The normalized spacial score (nSPS) is 15.6. The number of benzene rings is 3. The van der Waals surface area contributed by atoms with Crippen LogP contribution in [0.25, 0.3) is 0 Å². The second-order valence-electron chi connectivity index (χ2n) is 6.83. The molecule has 1 unspecified atom stereocenters. The van der Waals surface area contributed by atoms with E-state index in [-0.39, 0.29) is 11.9 Å². The second-order valence-corrected chi connectivity index (χ2v) is 6.83. The number of rotatable bonds is 4. The molecule has 3 aromatic rings. The minimum Gasteiger partial charge on any atom is -0.493 e. The van der Waals surface area contributed by atoms with Gasteiger partial charge < -0.3 is 14.4 Å². The summed E-state index contributed by atoms with van der Waals surface area (Å²) in [6.45, 7) is 0.670. The summed E-state index contributed by atoms with van der Waals surface area (Å²) in [6.07, 6.45) is 0.846. The molecule has 1 aliphatic rings. The quantitative estimate of drug-likeness (QED) is 0.676. The van der Waals surface area contributed by atoms with Gasteiger partial charge in [0, 0.05) is 12.1 Å². The average molecular weight is 373 g/mol. The number of carbonyl (C=O) groups is 1. The first kappa shape index (κ1) is 18.1. The molecule has 0 aromatic heterocycles. The van der Waals surface area contributed by atoms with Gasteiger partial charge in [0.1, 0.15) is 0 Å². The Morgan fingerprint density at radius 3 is 2.36 bits per heavy atom. The fraction of sp³-hybridized carbons (Fsp3) is 0.208. The highest BCUT2D eigenvalue weighted by atomic mass is 16.5. The van der Waals surface area contributed by atoms with Crippen LogP contribution in [0.2, 0.25) is 0 Å². The highest BCUT2D eigenvalue weighted by molar-refractivity contribution is 5.95. The van der Waals surface area contributed by atoms with Gasteiger partial charge in [0.25, 0.3) is 5.91 Å².